The first-order valence-corrected chi connectivity index (χ1v) is 14.1. The van der Waals surface area contributed by atoms with E-state index < -0.39 is 11.6 Å². The Balaban J connectivity index is 1.81. The second kappa shape index (κ2) is 13.9. The fraction of sp³-hybridized carbons (Fsp3) is 0.333. The summed E-state index contributed by atoms with van der Waals surface area (Å²) in [4.78, 5) is 30.1. The molecule has 0 aromatic heterocycles. The van der Waals surface area contributed by atoms with Crippen LogP contribution in [-0.2, 0) is 22.6 Å². The van der Waals surface area contributed by atoms with Gasteiger partial charge in [0, 0.05) is 39.9 Å². The number of amides is 2. The lowest BCUT2D eigenvalue weighted by Gasteiger charge is -2.34. The largest absolute Gasteiger partial charge is 0.350 e. The number of nitrogens with one attached hydrogen (secondary N) is 1. The molecule has 3 rings (SSSR count). The Morgan fingerprint density at radius 2 is 1.57 bits per heavy atom. The summed E-state index contributed by atoms with van der Waals surface area (Å²) in [5, 5.41) is 4.37. The maximum atomic E-state index is 13.7. The smallest absolute Gasteiger partial charge is 0.243 e. The molecule has 7 heteroatoms. The van der Waals surface area contributed by atoms with Gasteiger partial charge in [0.05, 0.1) is 0 Å². The number of hydrogen-bond acceptors (Lipinski definition) is 3. The summed E-state index contributed by atoms with van der Waals surface area (Å²) in [6.07, 6.45) is 1.43. The van der Waals surface area contributed by atoms with Gasteiger partial charge in [0.2, 0.25) is 11.8 Å². The monoisotopic (exact) mass is 556 g/mol. The molecule has 0 spiro atoms. The van der Waals surface area contributed by atoms with Crippen LogP contribution < -0.4 is 5.32 Å². The highest BCUT2D eigenvalue weighted by molar-refractivity contribution is 7.99. The van der Waals surface area contributed by atoms with Crippen molar-refractivity contribution in [3.63, 3.8) is 0 Å². The number of halogens is 2. The molecule has 3 aromatic rings. The summed E-state index contributed by atoms with van der Waals surface area (Å²) in [5.41, 5.74) is 1.38. The molecule has 0 heterocycles. The zero-order valence-electron chi connectivity index (χ0n) is 21.5. The Morgan fingerprint density at radius 1 is 0.919 bits per heavy atom. The number of nitrogens with zero attached hydrogens (tertiary/aromatic N) is 1. The fourth-order valence-electron chi connectivity index (χ4n) is 3.90. The number of hydrogen-bond donors (Lipinski definition) is 1. The lowest BCUT2D eigenvalue weighted by Crippen LogP contribution is -2.54. The number of carbonyl (C=O) groups is 2. The quantitative estimate of drug-likeness (QED) is 0.197. The fourth-order valence-corrected chi connectivity index (χ4v) is 5.08. The van der Waals surface area contributed by atoms with E-state index in [0.717, 1.165) is 21.8 Å². The van der Waals surface area contributed by atoms with Crippen LogP contribution >= 0.6 is 35.0 Å². The summed E-state index contributed by atoms with van der Waals surface area (Å²) in [6.45, 7) is 6.09. The molecule has 0 bridgehead atoms. The molecule has 4 nitrogen and oxygen atoms in total. The van der Waals surface area contributed by atoms with Gasteiger partial charge in [-0.15, -0.1) is 11.8 Å². The summed E-state index contributed by atoms with van der Waals surface area (Å²) in [7, 11) is 0. The van der Waals surface area contributed by atoms with Crippen LogP contribution in [0.1, 0.15) is 44.7 Å². The molecule has 0 saturated carbocycles. The van der Waals surface area contributed by atoms with Crippen LogP contribution in [0.2, 0.25) is 10.0 Å². The van der Waals surface area contributed by atoms with Crippen LogP contribution in [0.5, 0.6) is 0 Å². The summed E-state index contributed by atoms with van der Waals surface area (Å²) in [6, 6.07) is 24.3. The van der Waals surface area contributed by atoms with E-state index in [1.165, 1.54) is 0 Å². The van der Waals surface area contributed by atoms with Crippen molar-refractivity contribution in [1.29, 1.82) is 0 Å². The van der Waals surface area contributed by atoms with Gasteiger partial charge >= 0.3 is 0 Å². The molecule has 0 aliphatic rings. The third kappa shape index (κ3) is 9.73. The van der Waals surface area contributed by atoms with Crippen molar-refractivity contribution in [2.24, 2.45) is 0 Å². The van der Waals surface area contributed by atoms with E-state index in [0.29, 0.717) is 29.3 Å². The van der Waals surface area contributed by atoms with Crippen LogP contribution in [-0.4, -0.2) is 34.0 Å². The first-order chi connectivity index (χ1) is 17.6. The van der Waals surface area contributed by atoms with Crippen LogP contribution in [0, 0.1) is 0 Å². The van der Waals surface area contributed by atoms with E-state index >= 15 is 0 Å². The molecule has 0 aliphatic carbocycles. The molecular formula is C30H34Cl2N2O2S. The average Bonchev–Trinajstić information content (AvgIpc) is 2.85. The van der Waals surface area contributed by atoms with Gasteiger partial charge in [-0.2, -0.15) is 0 Å². The van der Waals surface area contributed by atoms with Gasteiger partial charge in [-0.3, -0.25) is 9.59 Å². The van der Waals surface area contributed by atoms with Crippen molar-refractivity contribution in [3.8, 4) is 0 Å². The molecule has 0 unspecified atom stereocenters. The van der Waals surface area contributed by atoms with Crippen molar-refractivity contribution in [3.05, 3.63) is 100 Å². The van der Waals surface area contributed by atoms with Crippen molar-refractivity contribution >= 4 is 46.8 Å². The molecule has 196 valence electrons. The Labute approximate surface area is 234 Å². The third-order valence-electron chi connectivity index (χ3n) is 5.69. The standard InChI is InChI=1S/C30H34Cl2N2O2S/c1-30(2,3)33-29(36)27(20-22-10-5-4-6-11-22)34(21-23-12-7-8-13-26(23)32)28(35)14-9-19-37-25-17-15-24(31)16-18-25/h4-8,10-13,15-18,27H,9,14,19-21H2,1-3H3,(H,33,36)/t27-/m1/s1. The summed E-state index contributed by atoms with van der Waals surface area (Å²) in [5.74, 6) is 0.541. The van der Waals surface area contributed by atoms with Crippen molar-refractivity contribution in [1.82, 2.24) is 10.2 Å². The van der Waals surface area contributed by atoms with Crippen LogP contribution in [0.4, 0.5) is 0 Å². The van der Waals surface area contributed by atoms with Gasteiger partial charge < -0.3 is 10.2 Å². The highest BCUT2D eigenvalue weighted by atomic mass is 35.5. The molecule has 3 aromatic carbocycles. The van der Waals surface area contributed by atoms with Crippen LogP contribution in [0.3, 0.4) is 0 Å². The second-order valence-electron chi connectivity index (χ2n) is 9.96. The minimum absolute atomic E-state index is 0.0679. The third-order valence-corrected chi connectivity index (χ3v) is 7.40. The van der Waals surface area contributed by atoms with Gasteiger partial charge in [0.1, 0.15) is 6.04 Å². The van der Waals surface area contributed by atoms with E-state index in [4.69, 9.17) is 23.2 Å². The minimum atomic E-state index is -0.672. The van der Waals surface area contributed by atoms with E-state index in [2.05, 4.69) is 5.32 Å². The van der Waals surface area contributed by atoms with E-state index in [1.54, 1.807) is 16.7 Å². The first-order valence-electron chi connectivity index (χ1n) is 12.4. The molecular weight excluding hydrogens is 523 g/mol. The van der Waals surface area contributed by atoms with Gasteiger partial charge in [-0.25, -0.2) is 0 Å². The SMILES string of the molecule is CC(C)(C)NC(=O)[C@@H](Cc1ccccc1)N(Cc1ccccc1Cl)C(=O)CCCSc1ccc(Cl)cc1. The lowest BCUT2D eigenvalue weighted by atomic mass is 10.00. The second-order valence-corrected chi connectivity index (χ2v) is 12.0. The number of rotatable bonds is 11. The van der Waals surface area contributed by atoms with Gasteiger partial charge in [0.25, 0.3) is 0 Å². The number of thioether (sulfide) groups is 1. The Kier molecular flexibility index (Phi) is 10.9. The zero-order chi connectivity index (χ0) is 26.8. The molecule has 37 heavy (non-hydrogen) atoms. The van der Waals surface area contributed by atoms with Crippen LogP contribution in [0.25, 0.3) is 0 Å². The Bertz CT molecular complexity index is 1160. The highest BCUT2D eigenvalue weighted by Crippen LogP contribution is 2.24. The van der Waals surface area contributed by atoms with Crippen molar-refractivity contribution in [2.75, 3.05) is 5.75 Å². The lowest BCUT2D eigenvalue weighted by molar-refractivity contribution is -0.142. The maximum absolute atomic E-state index is 13.7. The van der Waals surface area contributed by atoms with Gasteiger partial charge in [-0.1, -0.05) is 71.7 Å². The molecule has 1 N–H and O–H groups in total. The van der Waals surface area contributed by atoms with Crippen LogP contribution in [0.15, 0.2) is 83.8 Å². The summed E-state index contributed by atoms with van der Waals surface area (Å²) < 4.78 is 0. The van der Waals surface area contributed by atoms with Crippen molar-refractivity contribution in [2.45, 2.75) is 63.1 Å². The predicted molar refractivity (Wildman–Crippen MR) is 155 cm³/mol. The minimum Gasteiger partial charge on any atom is -0.350 e. The van der Waals surface area contributed by atoms with Gasteiger partial charge in [0.15, 0.2) is 0 Å². The average molecular weight is 558 g/mol. The van der Waals surface area contributed by atoms with Crippen molar-refractivity contribution < 1.29 is 9.59 Å². The first kappa shape index (κ1) is 29.1. The normalized spacial score (nSPS) is 12.1. The molecule has 0 radical (unpaired) electrons. The zero-order valence-corrected chi connectivity index (χ0v) is 23.9. The molecule has 0 aliphatic heterocycles. The molecule has 2 amide bonds. The van der Waals surface area contributed by atoms with E-state index in [-0.39, 0.29) is 18.4 Å². The predicted octanol–water partition coefficient (Wildman–Crippen LogP) is 7.42. The topological polar surface area (TPSA) is 49.4 Å². The van der Waals surface area contributed by atoms with E-state index in [1.807, 2.05) is 99.6 Å². The Morgan fingerprint density at radius 3 is 2.22 bits per heavy atom. The number of carbonyl (C=O) groups excluding carboxylic acids is 2. The molecule has 0 saturated heterocycles. The molecule has 0 fully saturated rings. The highest BCUT2D eigenvalue weighted by Gasteiger charge is 2.32. The van der Waals surface area contributed by atoms with Gasteiger partial charge in [-0.05, 0) is 74.4 Å². The number of benzene rings is 3. The maximum Gasteiger partial charge on any atom is 0.243 e. The van der Waals surface area contributed by atoms with E-state index in [9.17, 15) is 9.59 Å². The Hall–Kier alpha value is -2.47. The molecule has 1 atom stereocenters. The summed E-state index contributed by atoms with van der Waals surface area (Å²) >= 11 is 14.1.